The number of halogens is 2. The molecule has 5 rings (SSSR count). The summed E-state index contributed by atoms with van der Waals surface area (Å²) in [6.45, 7) is 7.09. The minimum Gasteiger partial charge on any atom is -0.337 e. The largest absolute Gasteiger partial charge is 0.337 e. The number of nitrogens with zero attached hydrogens (tertiary/aromatic N) is 5. The molecule has 2 heterocycles. The van der Waals surface area contributed by atoms with Crippen molar-refractivity contribution in [2.24, 2.45) is 12.5 Å². The van der Waals surface area contributed by atoms with E-state index >= 15 is 0 Å². The maximum atomic E-state index is 14.4. The van der Waals surface area contributed by atoms with E-state index in [1.165, 1.54) is 37.4 Å². The number of hydrogen-bond donors (Lipinski definition) is 0. The van der Waals surface area contributed by atoms with Crippen molar-refractivity contribution >= 4 is 5.91 Å². The Bertz CT molecular complexity index is 1380. The lowest BCUT2D eigenvalue weighted by Crippen LogP contribution is -2.48. The van der Waals surface area contributed by atoms with Gasteiger partial charge in [-0.05, 0) is 60.9 Å². The molecule has 0 spiro atoms. The van der Waals surface area contributed by atoms with Gasteiger partial charge in [0, 0.05) is 31.6 Å². The lowest BCUT2D eigenvalue weighted by Gasteiger charge is -2.41. The molecule has 3 aromatic rings. The van der Waals surface area contributed by atoms with Crippen LogP contribution in [0.25, 0.3) is 11.3 Å². The maximum Gasteiger partial charge on any atom is 0.274 e. The molecule has 35 heavy (non-hydrogen) atoms. The van der Waals surface area contributed by atoms with Crippen molar-refractivity contribution in [1.82, 2.24) is 24.9 Å². The zero-order valence-corrected chi connectivity index (χ0v) is 20.2. The smallest absolute Gasteiger partial charge is 0.274 e. The Balaban J connectivity index is 1.55. The van der Waals surface area contributed by atoms with E-state index in [2.05, 4.69) is 29.1 Å². The summed E-state index contributed by atoms with van der Waals surface area (Å²) in [5.41, 5.74) is 0.938. The first kappa shape index (κ1) is 23.3. The molecule has 2 aliphatic carbocycles. The average Bonchev–Trinajstić information content (AvgIpc) is 3.18. The standard InChI is InChI=1S/C26H27F2N5O2/c1-5-33(24(35)19-9-10-21(34)32(4)31-19)14-26-12-11-16(25(26,2)3)15-13-20(29-30-23(15)26)22-17(27)7-6-8-18(22)28/h6-10,13,16H,5,11-12,14H2,1-4H3/t16-,26-/m0/s1. The van der Waals surface area contributed by atoms with Crippen LogP contribution in [-0.4, -0.2) is 43.9 Å². The molecule has 0 unspecified atom stereocenters. The number of aryl methyl sites for hydroxylation is 1. The molecule has 2 bridgehead atoms. The fourth-order valence-electron chi connectivity index (χ4n) is 6.07. The zero-order valence-electron chi connectivity index (χ0n) is 20.2. The molecular formula is C26H27F2N5O2. The van der Waals surface area contributed by atoms with Crippen molar-refractivity contribution in [2.45, 2.75) is 44.9 Å². The molecule has 2 aromatic heterocycles. The van der Waals surface area contributed by atoms with Gasteiger partial charge in [0.25, 0.3) is 11.5 Å². The Morgan fingerprint density at radius 2 is 1.89 bits per heavy atom. The van der Waals surface area contributed by atoms with Gasteiger partial charge in [-0.1, -0.05) is 19.9 Å². The van der Waals surface area contributed by atoms with Crippen molar-refractivity contribution in [3.8, 4) is 11.3 Å². The Labute approximate surface area is 201 Å². The van der Waals surface area contributed by atoms with Crippen molar-refractivity contribution in [1.29, 1.82) is 0 Å². The van der Waals surface area contributed by atoms with Crippen LogP contribution in [0.1, 0.15) is 61.3 Å². The fourth-order valence-corrected chi connectivity index (χ4v) is 6.07. The van der Waals surface area contributed by atoms with E-state index in [1.807, 2.05) is 6.92 Å². The Hall–Kier alpha value is -3.49. The summed E-state index contributed by atoms with van der Waals surface area (Å²) in [6.07, 6.45) is 1.71. The average molecular weight is 480 g/mol. The van der Waals surface area contributed by atoms with Gasteiger partial charge < -0.3 is 4.90 Å². The van der Waals surface area contributed by atoms with Gasteiger partial charge in [-0.3, -0.25) is 9.59 Å². The topological polar surface area (TPSA) is 81.0 Å². The van der Waals surface area contributed by atoms with Crippen LogP contribution in [0.4, 0.5) is 8.78 Å². The number of benzene rings is 1. The van der Waals surface area contributed by atoms with Crippen molar-refractivity contribution in [3.05, 3.63) is 75.3 Å². The van der Waals surface area contributed by atoms with Gasteiger partial charge in [0.15, 0.2) is 0 Å². The highest BCUT2D eigenvalue weighted by Gasteiger charge is 2.64. The first-order valence-electron chi connectivity index (χ1n) is 11.8. The van der Waals surface area contributed by atoms with E-state index in [1.54, 1.807) is 11.0 Å². The SMILES string of the molecule is CCN(C[C@@]12CC[C@@H](c3cc(-c4c(F)cccc4F)nnc31)C2(C)C)C(=O)c1ccc(=O)n(C)n1. The number of aromatic nitrogens is 4. The van der Waals surface area contributed by atoms with E-state index < -0.39 is 17.0 Å². The summed E-state index contributed by atoms with van der Waals surface area (Å²) in [5, 5.41) is 12.9. The number of hydrogen-bond acceptors (Lipinski definition) is 5. The van der Waals surface area contributed by atoms with Crippen LogP contribution in [0.2, 0.25) is 0 Å². The van der Waals surface area contributed by atoms with Gasteiger partial charge >= 0.3 is 0 Å². The van der Waals surface area contributed by atoms with Gasteiger partial charge in [-0.15, -0.1) is 0 Å². The van der Waals surface area contributed by atoms with Crippen LogP contribution in [0.3, 0.4) is 0 Å². The normalized spacial score (nSPS) is 21.7. The monoisotopic (exact) mass is 479 g/mol. The van der Waals surface area contributed by atoms with Crippen LogP contribution < -0.4 is 5.56 Å². The number of amides is 1. The van der Waals surface area contributed by atoms with E-state index in [0.29, 0.717) is 13.1 Å². The summed E-state index contributed by atoms with van der Waals surface area (Å²) < 4.78 is 30.0. The third-order valence-corrected chi connectivity index (χ3v) is 8.14. The number of rotatable bonds is 5. The van der Waals surface area contributed by atoms with E-state index in [-0.39, 0.29) is 39.8 Å². The molecule has 9 heteroatoms. The lowest BCUT2D eigenvalue weighted by molar-refractivity contribution is 0.0644. The summed E-state index contributed by atoms with van der Waals surface area (Å²) in [4.78, 5) is 26.8. The van der Waals surface area contributed by atoms with Gasteiger partial charge in [-0.2, -0.15) is 15.3 Å². The molecule has 0 N–H and O–H groups in total. The first-order chi connectivity index (χ1) is 16.6. The fraction of sp³-hybridized carbons (Fsp3) is 0.423. The molecule has 0 radical (unpaired) electrons. The van der Waals surface area contributed by atoms with Crippen LogP contribution >= 0.6 is 0 Å². The second-order valence-corrected chi connectivity index (χ2v) is 10.0. The number of fused-ring (bicyclic) bond motifs is 5. The van der Waals surface area contributed by atoms with Gasteiger partial charge in [0.1, 0.15) is 17.3 Å². The predicted molar refractivity (Wildman–Crippen MR) is 126 cm³/mol. The predicted octanol–water partition coefficient (Wildman–Crippen LogP) is 3.83. The summed E-state index contributed by atoms with van der Waals surface area (Å²) in [7, 11) is 1.51. The maximum absolute atomic E-state index is 14.4. The minimum absolute atomic E-state index is 0.131. The molecule has 0 saturated heterocycles. The van der Waals surface area contributed by atoms with Gasteiger partial charge in [0.05, 0.1) is 17.0 Å². The quantitative estimate of drug-likeness (QED) is 0.556. The summed E-state index contributed by atoms with van der Waals surface area (Å²) in [5.74, 6) is -1.48. The second kappa shape index (κ2) is 8.03. The molecular weight excluding hydrogens is 452 g/mol. The Morgan fingerprint density at radius 3 is 2.54 bits per heavy atom. The van der Waals surface area contributed by atoms with Crippen molar-refractivity contribution < 1.29 is 13.6 Å². The number of likely N-dealkylation sites (N-methyl/N-ethyl adjacent to an activating group) is 1. The molecule has 182 valence electrons. The molecule has 1 saturated carbocycles. The second-order valence-electron chi connectivity index (χ2n) is 10.0. The zero-order chi connectivity index (χ0) is 25.1. The molecule has 1 amide bonds. The van der Waals surface area contributed by atoms with Crippen LogP contribution in [0, 0.1) is 17.0 Å². The van der Waals surface area contributed by atoms with E-state index in [9.17, 15) is 18.4 Å². The highest BCUT2D eigenvalue weighted by Crippen LogP contribution is 2.67. The molecule has 1 aromatic carbocycles. The molecule has 0 aliphatic heterocycles. The van der Waals surface area contributed by atoms with Crippen LogP contribution in [0.5, 0.6) is 0 Å². The van der Waals surface area contributed by atoms with Crippen LogP contribution in [0.15, 0.2) is 41.2 Å². The first-order valence-corrected chi connectivity index (χ1v) is 11.8. The third kappa shape index (κ3) is 3.31. The molecule has 1 fully saturated rings. The molecule has 2 aliphatic rings. The number of carbonyl (C=O) groups excluding carboxylic acids is 1. The summed E-state index contributed by atoms with van der Waals surface area (Å²) in [6, 6.07) is 8.30. The number of carbonyl (C=O) groups is 1. The highest BCUT2D eigenvalue weighted by molar-refractivity contribution is 5.92. The Kier molecular flexibility index (Phi) is 5.34. The molecule has 7 nitrogen and oxygen atoms in total. The van der Waals surface area contributed by atoms with Crippen LogP contribution in [-0.2, 0) is 12.5 Å². The lowest BCUT2D eigenvalue weighted by atomic mass is 9.68. The minimum atomic E-state index is -0.677. The highest BCUT2D eigenvalue weighted by atomic mass is 19.1. The summed E-state index contributed by atoms with van der Waals surface area (Å²) >= 11 is 0. The van der Waals surface area contributed by atoms with Crippen molar-refractivity contribution in [3.63, 3.8) is 0 Å². The van der Waals surface area contributed by atoms with Gasteiger partial charge in [-0.25, -0.2) is 13.5 Å². The van der Waals surface area contributed by atoms with E-state index in [4.69, 9.17) is 0 Å². The Morgan fingerprint density at radius 1 is 1.17 bits per heavy atom. The van der Waals surface area contributed by atoms with E-state index in [0.717, 1.165) is 28.8 Å². The third-order valence-electron chi connectivity index (χ3n) is 8.14. The van der Waals surface area contributed by atoms with Gasteiger partial charge in [0.2, 0.25) is 0 Å². The molecule has 2 atom stereocenters. The van der Waals surface area contributed by atoms with Crippen molar-refractivity contribution in [2.75, 3.05) is 13.1 Å².